The summed E-state index contributed by atoms with van der Waals surface area (Å²) < 4.78 is 9.19. The number of aliphatic imine (C=N–C) groups is 1. The molecule has 0 aromatic heterocycles. The van der Waals surface area contributed by atoms with E-state index >= 15 is 0 Å². The quantitative estimate of drug-likeness (QED) is 0.170. The van der Waals surface area contributed by atoms with Crippen molar-refractivity contribution in [1.29, 1.82) is 0 Å². The fourth-order valence-electron chi connectivity index (χ4n) is 3.27. The maximum atomic E-state index is 12.4. The Kier molecular flexibility index (Phi) is 7.34. The topological polar surface area (TPSA) is 99.1 Å². The van der Waals surface area contributed by atoms with Crippen LogP contribution < -0.4 is 0 Å². The molecule has 0 heterocycles. The van der Waals surface area contributed by atoms with Gasteiger partial charge in [-0.15, -0.1) is 0 Å². The van der Waals surface area contributed by atoms with Crippen LogP contribution in [0.25, 0.3) is 0 Å². The lowest BCUT2D eigenvalue weighted by molar-refractivity contribution is -0.148. The number of methoxy groups -OCH3 is 1. The number of benzene rings is 1. The third kappa shape index (κ3) is 4.98. The summed E-state index contributed by atoms with van der Waals surface area (Å²) in [4.78, 5) is 52.6. The molecular weight excluding hydrogens is 362 g/mol. The van der Waals surface area contributed by atoms with Crippen molar-refractivity contribution < 1.29 is 28.7 Å². The number of carbonyl (C=O) groups excluding carboxylic acids is 4. The van der Waals surface area contributed by atoms with E-state index in [2.05, 4.69) is 14.5 Å². The molecule has 1 fully saturated rings. The van der Waals surface area contributed by atoms with Crippen molar-refractivity contribution >= 4 is 35.2 Å². The molecule has 0 amide bonds. The molecule has 0 aliphatic heterocycles. The van der Waals surface area contributed by atoms with Gasteiger partial charge in [-0.25, -0.2) is 4.79 Å². The summed E-state index contributed by atoms with van der Waals surface area (Å²) in [6.07, 6.45) is 3.75. The zero-order valence-electron chi connectivity index (χ0n) is 16.4. The van der Waals surface area contributed by atoms with Crippen LogP contribution in [0.3, 0.4) is 0 Å². The Labute approximate surface area is 164 Å². The second-order valence-electron chi connectivity index (χ2n) is 6.96. The van der Waals surface area contributed by atoms with Crippen molar-refractivity contribution in [2.24, 2.45) is 16.3 Å². The Morgan fingerprint density at radius 2 is 1.68 bits per heavy atom. The Morgan fingerprint density at radius 1 is 1.11 bits per heavy atom. The van der Waals surface area contributed by atoms with Gasteiger partial charge in [0.2, 0.25) is 0 Å². The number of esters is 1. The molecule has 150 valence electrons. The Hall–Kier alpha value is -2.67. The second kappa shape index (κ2) is 9.50. The first-order valence-electron chi connectivity index (χ1n) is 9.26. The standard InChI is InChI=1S/C21H25NO6/c1-4-21(5-2)10-17(23)16(18(24)11-21)12-22-15-8-6-14(7-9-15)19(25)20(26)28-13-27-3/h6-9,12,16H,4-5,10-11,13H2,1-3H3. The van der Waals surface area contributed by atoms with Gasteiger partial charge in [-0.3, -0.25) is 19.4 Å². The molecule has 7 heteroatoms. The van der Waals surface area contributed by atoms with Gasteiger partial charge in [0.15, 0.2) is 6.79 Å². The van der Waals surface area contributed by atoms with Gasteiger partial charge >= 0.3 is 5.97 Å². The minimum atomic E-state index is -1.01. The summed E-state index contributed by atoms with van der Waals surface area (Å²) in [7, 11) is 1.34. The lowest BCUT2D eigenvalue weighted by Gasteiger charge is -2.36. The van der Waals surface area contributed by atoms with E-state index in [-0.39, 0.29) is 29.3 Å². The van der Waals surface area contributed by atoms with Crippen molar-refractivity contribution in [2.75, 3.05) is 13.9 Å². The first-order chi connectivity index (χ1) is 13.4. The van der Waals surface area contributed by atoms with Crippen LogP contribution in [0.2, 0.25) is 0 Å². The van der Waals surface area contributed by atoms with Crippen molar-refractivity contribution in [3.05, 3.63) is 29.8 Å². The number of Topliss-reactive ketones (excluding diaryl/α,β-unsaturated/α-hetero) is 3. The van der Waals surface area contributed by atoms with Gasteiger partial charge in [-0.1, -0.05) is 13.8 Å². The van der Waals surface area contributed by atoms with E-state index in [1.165, 1.54) is 37.6 Å². The molecule has 0 unspecified atom stereocenters. The minimum Gasteiger partial charge on any atom is -0.432 e. The van der Waals surface area contributed by atoms with Gasteiger partial charge in [0.1, 0.15) is 17.5 Å². The van der Waals surface area contributed by atoms with Crippen LogP contribution in [0.1, 0.15) is 49.9 Å². The van der Waals surface area contributed by atoms with Crippen LogP contribution in [-0.4, -0.2) is 43.4 Å². The molecule has 2 rings (SSSR count). The van der Waals surface area contributed by atoms with Crippen LogP contribution >= 0.6 is 0 Å². The first kappa shape index (κ1) is 21.6. The van der Waals surface area contributed by atoms with E-state index in [0.717, 1.165) is 12.8 Å². The largest absolute Gasteiger partial charge is 0.432 e. The van der Waals surface area contributed by atoms with Crippen molar-refractivity contribution in [3.8, 4) is 0 Å². The summed E-state index contributed by atoms with van der Waals surface area (Å²) in [5, 5.41) is 0. The van der Waals surface area contributed by atoms with Gasteiger partial charge in [0.05, 0.1) is 5.69 Å². The molecule has 1 saturated carbocycles. The SMILES string of the molecule is CCC1(CC)CC(=O)C(C=Nc2ccc(C(=O)C(=O)OCOC)cc2)C(=O)C1. The number of carbonyl (C=O) groups is 4. The number of ketones is 3. The van der Waals surface area contributed by atoms with Gasteiger partial charge < -0.3 is 9.47 Å². The summed E-state index contributed by atoms with van der Waals surface area (Å²) in [6, 6.07) is 5.94. The average molecular weight is 387 g/mol. The molecule has 1 aliphatic rings. The predicted molar refractivity (Wildman–Crippen MR) is 103 cm³/mol. The highest BCUT2D eigenvalue weighted by atomic mass is 16.7. The zero-order chi connectivity index (χ0) is 20.7. The highest BCUT2D eigenvalue weighted by Gasteiger charge is 2.42. The zero-order valence-corrected chi connectivity index (χ0v) is 16.4. The van der Waals surface area contributed by atoms with E-state index in [0.29, 0.717) is 18.5 Å². The number of ether oxygens (including phenoxy) is 2. The molecule has 0 spiro atoms. The Bertz CT molecular complexity index is 757. The Morgan fingerprint density at radius 3 is 2.18 bits per heavy atom. The molecule has 0 atom stereocenters. The molecule has 1 aromatic carbocycles. The lowest BCUT2D eigenvalue weighted by Crippen LogP contribution is -2.40. The monoisotopic (exact) mass is 387 g/mol. The van der Waals surface area contributed by atoms with Crippen molar-refractivity contribution in [2.45, 2.75) is 39.5 Å². The van der Waals surface area contributed by atoms with Crippen LogP contribution in [-0.2, 0) is 23.9 Å². The summed E-state index contributed by atoms with van der Waals surface area (Å²) >= 11 is 0. The van der Waals surface area contributed by atoms with Crippen LogP contribution in [0, 0.1) is 11.3 Å². The van der Waals surface area contributed by atoms with E-state index < -0.39 is 17.7 Å². The third-order valence-corrected chi connectivity index (χ3v) is 5.29. The van der Waals surface area contributed by atoms with Crippen LogP contribution in [0.4, 0.5) is 5.69 Å². The lowest BCUT2D eigenvalue weighted by atomic mass is 9.66. The molecule has 0 radical (unpaired) electrons. The molecule has 1 aliphatic carbocycles. The third-order valence-electron chi connectivity index (χ3n) is 5.29. The van der Waals surface area contributed by atoms with Gasteiger partial charge in [0.25, 0.3) is 5.78 Å². The van der Waals surface area contributed by atoms with Crippen molar-refractivity contribution in [3.63, 3.8) is 0 Å². The molecule has 7 nitrogen and oxygen atoms in total. The molecule has 28 heavy (non-hydrogen) atoms. The molecule has 0 bridgehead atoms. The smallest absolute Gasteiger partial charge is 0.381 e. The van der Waals surface area contributed by atoms with E-state index in [9.17, 15) is 19.2 Å². The number of rotatable bonds is 8. The molecule has 1 aromatic rings. The van der Waals surface area contributed by atoms with Gasteiger partial charge in [0, 0.05) is 31.7 Å². The summed E-state index contributed by atoms with van der Waals surface area (Å²) in [5.41, 5.74) is 0.406. The highest BCUT2D eigenvalue weighted by Crippen LogP contribution is 2.40. The number of nitrogens with zero attached hydrogens (tertiary/aromatic N) is 1. The van der Waals surface area contributed by atoms with E-state index in [1.54, 1.807) is 0 Å². The van der Waals surface area contributed by atoms with Crippen LogP contribution in [0.5, 0.6) is 0 Å². The van der Waals surface area contributed by atoms with Crippen molar-refractivity contribution in [1.82, 2.24) is 0 Å². The predicted octanol–water partition coefficient (Wildman–Crippen LogP) is 3.07. The van der Waals surface area contributed by atoms with Gasteiger partial charge in [-0.05, 0) is 42.5 Å². The molecule has 0 saturated heterocycles. The highest BCUT2D eigenvalue weighted by molar-refractivity contribution is 6.40. The first-order valence-corrected chi connectivity index (χ1v) is 9.26. The maximum absolute atomic E-state index is 12.4. The molecular formula is C21H25NO6. The number of hydrogen-bond donors (Lipinski definition) is 0. The van der Waals surface area contributed by atoms with Crippen LogP contribution in [0.15, 0.2) is 29.3 Å². The maximum Gasteiger partial charge on any atom is 0.381 e. The summed E-state index contributed by atoms with van der Waals surface area (Å²) in [5.74, 6) is -2.82. The molecule has 0 N–H and O–H groups in total. The second-order valence-corrected chi connectivity index (χ2v) is 6.96. The fourth-order valence-corrected chi connectivity index (χ4v) is 3.27. The minimum absolute atomic E-state index is 0.101. The van der Waals surface area contributed by atoms with Gasteiger partial charge in [-0.2, -0.15) is 0 Å². The number of hydrogen-bond acceptors (Lipinski definition) is 7. The summed E-state index contributed by atoms with van der Waals surface area (Å²) in [6.45, 7) is 3.71. The van der Waals surface area contributed by atoms with E-state index in [4.69, 9.17) is 0 Å². The van der Waals surface area contributed by atoms with E-state index in [1.807, 2.05) is 13.8 Å². The normalized spacial score (nSPS) is 17.1. The fraction of sp³-hybridized carbons (Fsp3) is 0.476. The Balaban J connectivity index is 2.05. The average Bonchev–Trinajstić information content (AvgIpc) is 2.71.